The molecule has 1 fully saturated rings. The summed E-state index contributed by atoms with van der Waals surface area (Å²) in [5.74, 6) is 0.995. The second-order valence-corrected chi connectivity index (χ2v) is 6.91. The maximum absolute atomic E-state index is 12.8. The van der Waals surface area contributed by atoms with Gasteiger partial charge in [-0.2, -0.15) is 13.9 Å². The molecule has 10 heteroatoms. The van der Waals surface area contributed by atoms with Gasteiger partial charge >= 0.3 is 6.61 Å². The molecule has 1 saturated heterocycles. The molecule has 0 spiro atoms. The SMILES string of the molecule is COc1ccc(NC(=O)C2CCCN2/N=C/c2ccc(OC(F)F)c(OC)c2)cc1OC. The van der Waals surface area contributed by atoms with E-state index in [4.69, 9.17) is 14.2 Å². The van der Waals surface area contributed by atoms with Gasteiger partial charge in [0.25, 0.3) is 0 Å². The molecule has 2 aromatic rings. The first kappa shape index (κ1) is 23.1. The Morgan fingerprint density at radius 3 is 2.44 bits per heavy atom. The van der Waals surface area contributed by atoms with Crippen molar-refractivity contribution >= 4 is 17.8 Å². The molecule has 1 aliphatic heterocycles. The molecule has 0 bridgehead atoms. The van der Waals surface area contributed by atoms with Crippen LogP contribution in [0.1, 0.15) is 18.4 Å². The van der Waals surface area contributed by atoms with Crippen molar-refractivity contribution in [2.24, 2.45) is 5.10 Å². The van der Waals surface area contributed by atoms with Crippen molar-refractivity contribution in [2.75, 3.05) is 33.2 Å². The van der Waals surface area contributed by atoms with Crippen LogP contribution in [0.5, 0.6) is 23.0 Å². The molecule has 172 valence electrons. The summed E-state index contributed by atoms with van der Waals surface area (Å²) in [4.78, 5) is 12.8. The fraction of sp³-hybridized carbons (Fsp3) is 0.364. The summed E-state index contributed by atoms with van der Waals surface area (Å²) in [6.45, 7) is -2.33. The number of halogens is 2. The maximum Gasteiger partial charge on any atom is 0.387 e. The topological polar surface area (TPSA) is 81.6 Å². The van der Waals surface area contributed by atoms with Crippen molar-refractivity contribution in [3.63, 3.8) is 0 Å². The van der Waals surface area contributed by atoms with Crippen molar-refractivity contribution in [1.82, 2.24) is 5.01 Å². The minimum Gasteiger partial charge on any atom is -0.493 e. The van der Waals surface area contributed by atoms with Gasteiger partial charge in [-0.3, -0.25) is 9.80 Å². The van der Waals surface area contributed by atoms with E-state index in [9.17, 15) is 13.6 Å². The average Bonchev–Trinajstić information content (AvgIpc) is 3.26. The number of rotatable bonds is 9. The summed E-state index contributed by atoms with van der Waals surface area (Å²) in [5, 5.41) is 9.01. The molecule has 8 nitrogen and oxygen atoms in total. The van der Waals surface area contributed by atoms with E-state index in [-0.39, 0.29) is 17.4 Å². The number of benzene rings is 2. The third-order valence-corrected chi connectivity index (χ3v) is 4.94. The molecule has 1 heterocycles. The predicted molar refractivity (Wildman–Crippen MR) is 115 cm³/mol. The molecule has 0 aliphatic carbocycles. The molecule has 2 aromatic carbocycles. The van der Waals surface area contributed by atoms with Crippen LogP contribution in [0.3, 0.4) is 0 Å². The monoisotopic (exact) mass is 449 g/mol. The molecule has 3 rings (SSSR count). The molecule has 0 aromatic heterocycles. The highest BCUT2D eigenvalue weighted by molar-refractivity contribution is 5.95. The van der Waals surface area contributed by atoms with Crippen LogP contribution in [0.4, 0.5) is 14.5 Å². The van der Waals surface area contributed by atoms with Gasteiger partial charge in [0.2, 0.25) is 5.91 Å². The summed E-state index contributed by atoms with van der Waals surface area (Å²) in [6.07, 6.45) is 3.02. The van der Waals surface area contributed by atoms with E-state index in [0.29, 0.717) is 35.7 Å². The number of alkyl halides is 2. The van der Waals surface area contributed by atoms with Gasteiger partial charge < -0.3 is 24.3 Å². The van der Waals surface area contributed by atoms with Crippen molar-refractivity contribution < 1.29 is 32.5 Å². The fourth-order valence-corrected chi connectivity index (χ4v) is 3.39. The summed E-state index contributed by atoms with van der Waals surface area (Å²) in [5.41, 5.74) is 1.21. The molecule has 1 amide bonds. The molecule has 1 N–H and O–H groups in total. The standard InChI is InChI=1S/C22H25F2N3O5/c1-29-17-9-7-15(12-20(17)31-3)26-21(28)16-5-4-10-27(16)25-13-14-6-8-18(32-22(23)24)19(11-14)30-2/h6-9,11-13,16,22H,4-5,10H2,1-3H3,(H,26,28)/b25-13+. The molecule has 1 aliphatic rings. The molecular formula is C22H25F2N3O5. The molecule has 32 heavy (non-hydrogen) atoms. The lowest BCUT2D eigenvalue weighted by Gasteiger charge is -2.21. The van der Waals surface area contributed by atoms with Gasteiger partial charge in [-0.15, -0.1) is 0 Å². The lowest BCUT2D eigenvalue weighted by Crippen LogP contribution is -2.36. The first-order chi connectivity index (χ1) is 15.4. The van der Waals surface area contributed by atoms with E-state index in [1.54, 1.807) is 42.6 Å². The highest BCUT2D eigenvalue weighted by atomic mass is 19.3. The number of nitrogens with one attached hydrogen (secondary N) is 1. The van der Waals surface area contributed by atoms with Gasteiger partial charge in [0.1, 0.15) is 6.04 Å². The van der Waals surface area contributed by atoms with Crippen molar-refractivity contribution in [3.05, 3.63) is 42.0 Å². The van der Waals surface area contributed by atoms with Gasteiger partial charge in [-0.1, -0.05) is 0 Å². The number of hydrazone groups is 1. The molecule has 0 saturated carbocycles. The number of nitrogens with zero attached hydrogens (tertiary/aromatic N) is 2. The summed E-state index contributed by atoms with van der Waals surface area (Å²) >= 11 is 0. The number of hydrogen-bond acceptors (Lipinski definition) is 7. The zero-order valence-corrected chi connectivity index (χ0v) is 18.0. The van der Waals surface area contributed by atoms with Crippen molar-refractivity contribution in [1.29, 1.82) is 0 Å². The number of amides is 1. The smallest absolute Gasteiger partial charge is 0.387 e. The minimum absolute atomic E-state index is 0.0620. The highest BCUT2D eigenvalue weighted by Crippen LogP contribution is 2.31. The normalized spacial score (nSPS) is 15.8. The largest absolute Gasteiger partial charge is 0.493 e. The third-order valence-electron chi connectivity index (χ3n) is 4.94. The van der Waals surface area contributed by atoms with E-state index in [0.717, 1.165) is 6.42 Å². The van der Waals surface area contributed by atoms with Crippen LogP contribution in [0.15, 0.2) is 41.5 Å². The van der Waals surface area contributed by atoms with Gasteiger partial charge in [-0.25, -0.2) is 0 Å². The number of anilines is 1. The van der Waals surface area contributed by atoms with Gasteiger partial charge in [0.15, 0.2) is 23.0 Å². The van der Waals surface area contributed by atoms with Gasteiger partial charge in [0.05, 0.1) is 27.5 Å². The summed E-state index contributed by atoms with van der Waals surface area (Å²) < 4.78 is 45.0. The Morgan fingerprint density at radius 2 is 1.75 bits per heavy atom. The van der Waals surface area contributed by atoms with Crippen LogP contribution < -0.4 is 24.3 Å². The van der Waals surface area contributed by atoms with Gasteiger partial charge in [-0.05, 0) is 48.7 Å². The van der Waals surface area contributed by atoms with E-state index < -0.39 is 12.7 Å². The van der Waals surface area contributed by atoms with E-state index >= 15 is 0 Å². The third kappa shape index (κ3) is 5.57. The van der Waals surface area contributed by atoms with E-state index in [2.05, 4.69) is 15.2 Å². The average molecular weight is 449 g/mol. The fourth-order valence-electron chi connectivity index (χ4n) is 3.39. The number of hydrogen-bond donors (Lipinski definition) is 1. The number of ether oxygens (including phenoxy) is 4. The van der Waals surface area contributed by atoms with Crippen molar-refractivity contribution in [3.8, 4) is 23.0 Å². The molecule has 0 radical (unpaired) electrons. The Bertz CT molecular complexity index is 971. The minimum atomic E-state index is -2.95. The Balaban J connectivity index is 1.69. The number of carbonyl (C=O) groups is 1. The summed E-state index contributed by atoms with van der Waals surface area (Å²) in [7, 11) is 4.43. The molecule has 1 atom stereocenters. The zero-order chi connectivity index (χ0) is 23.1. The lowest BCUT2D eigenvalue weighted by atomic mass is 10.2. The van der Waals surface area contributed by atoms with E-state index in [1.807, 2.05) is 0 Å². The van der Waals surface area contributed by atoms with Crippen LogP contribution in [0, 0.1) is 0 Å². The zero-order valence-electron chi connectivity index (χ0n) is 18.0. The molecular weight excluding hydrogens is 424 g/mol. The summed E-state index contributed by atoms with van der Waals surface area (Å²) in [6, 6.07) is 9.20. The van der Waals surface area contributed by atoms with Crippen LogP contribution in [0.2, 0.25) is 0 Å². The van der Waals surface area contributed by atoms with E-state index in [1.165, 1.54) is 26.4 Å². The maximum atomic E-state index is 12.8. The predicted octanol–water partition coefficient (Wildman–Crippen LogP) is 3.75. The van der Waals surface area contributed by atoms with Gasteiger partial charge in [0, 0.05) is 18.3 Å². The Hall–Kier alpha value is -3.56. The Kier molecular flexibility index (Phi) is 7.69. The Morgan fingerprint density at radius 1 is 1.06 bits per heavy atom. The quantitative estimate of drug-likeness (QED) is 0.588. The number of carbonyl (C=O) groups excluding carboxylic acids is 1. The highest BCUT2D eigenvalue weighted by Gasteiger charge is 2.30. The lowest BCUT2D eigenvalue weighted by molar-refractivity contribution is -0.120. The first-order valence-electron chi connectivity index (χ1n) is 9.91. The van der Waals surface area contributed by atoms with Crippen LogP contribution in [-0.2, 0) is 4.79 Å². The van der Waals surface area contributed by atoms with Crippen molar-refractivity contribution in [2.45, 2.75) is 25.5 Å². The number of methoxy groups -OCH3 is 3. The second kappa shape index (κ2) is 10.7. The van der Waals surface area contributed by atoms with Crippen LogP contribution in [-0.4, -0.2) is 57.7 Å². The first-order valence-corrected chi connectivity index (χ1v) is 9.91. The second-order valence-electron chi connectivity index (χ2n) is 6.91. The molecule has 1 unspecified atom stereocenters. The Labute approximate surface area is 184 Å². The van der Waals surface area contributed by atoms with Crippen LogP contribution >= 0.6 is 0 Å². The van der Waals surface area contributed by atoms with Crippen LogP contribution in [0.25, 0.3) is 0 Å².